The molecule has 0 N–H and O–H groups in total. The van der Waals surface area contributed by atoms with Crippen LogP contribution in [0.25, 0.3) is 0 Å². The molecule has 0 aliphatic heterocycles. The molecule has 1 heterocycles. The highest BCUT2D eigenvalue weighted by molar-refractivity contribution is 5.79. The molecule has 16 heavy (non-hydrogen) atoms. The summed E-state index contributed by atoms with van der Waals surface area (Å²) in [6.07, 6.45) is 3.31. The Morgan fingerprint density at radius 1 is 1.38 bits per heavy atom. The number of aryl methyl sites for hydroxylation is 1. The van der Waals surface area contributed by atoms with Gasteiger partial charge in [0.25, 0.3) is 0 Å². The summed E-state index contributed by atoms with van der Waals surface area (Å²) in [4.78, 5) is 13.3. The van der Waals surface area contributed by atoms with Gasteiger partial charge in [0.05, 0.1) is 6.54 Å². The first-order chi connectivity index (χ1) is 7.65. The summed E-state index contributed by atoms with van der Waals surface area (Å²) in [5.41, 5.74) is 0. The Labute approximate surface area is 94.8 Å². The van der Waals surface area contributed by atoms with Crippen LogP contribution in [0.3, 0.4) is 0 Å². The predicted octanol–water partition coefficient (Wildman–Crippen LogP) is 1.32. The monoisotopic (exact) mass is 223 g/mol. The van der Waals surface area contributed by atoms with Crippen molar-refractivity contribution in [2.24, 2.45) is 0 Å². The molecule has 2 rings (SSSR count). The van der Waals surface area contributed by atoms with Crippen molar-refractivity contribution in [3.05, 3.63) is 11.8 Å². The van der Waals surface area contributed by atoms with E-state index in [9.17, 15) is 4.79 Å². The topological polar surface area (TPSA) is 59.2 Å². The lowest BCUT2D eigenvalue weighted by Gasteiger charge is -2.29. The normalized spacial score (nSPS) is 18.3. The molecule has 88 valence electrons. The van der Waals surface area contributed by atoms with Crippen LogP contribution in [0.2, 0.25) is 0 Å². The third-order valence-corrected chi connectivity index (χ3v) is 3.09. The summed E-state index contributed by atoms with van der Waals surface area (Å²) in [5, 5.41) is 7.77. The van der Waals surface area contributed by atoms with Gasteiger partial charge in [0.2, 0.25) is 11.8 Å². The molecule has 0 unspecified atom stereocenters. The van der Waals surface area contributed by atoms with E-state index in [-0.39, 0.29) is 0 Å². The van der Waals surface area contributed by atoms with Crippen LogP contribution in [0.15, 0.2) is 4.42 Å². The maximum Gasteiger partial charge on any atom is 0.230 e. The average molecular weight is 223 g/mol. The molecule has 1 saturated carbocycles. The highest BCUT2D eigenvalue weighted by Crippen LogP contribution is 2.20. The zero-order valence-electron chi connectivity index (χ0n) is 9.77. The molecule has 0 atom stereocenters. The van der Waals surface area contributed by atoms with Crippen LogP contribution in [0.4, 0.5) is 0 Å². The van der Waals surface area contributed by atoms with Crippen LogP contribution in [0, 0.1) is 6.92 Å². The van der Waals surface area contributed by atoms with Gasteiger partial charge >= 0.3 is 0 Å². The fraction of sp³-hybridized carbons (Fsp3) is 0.727. The van der Waals surface area contributed by atoms with E-state index in [1.807, 2.05) is 7.05 Å². The van der Waals surface area contributed by atoms with E-state index in [1.165, 1.54) is 0 Å². The van der Waals surface area contributed by atoms with Gasteiger partial charge < -0.3 is 4.42 Å². The molecule has 0 spiro atoms. The molecule has 5 heteroatoms. The van der Waals surface area contributed by atoms with E-state index in [1.54, 1.807) is 6.92 Å². The fourth-order valence-electron chi connectivity index (χ4n) is 2.11. The average Bonchev–Trinajstić information content (AvgIpc) is 2.65. The summed E-state index contributed by atoms with van der Waals surface area (Å²) in [6.45, 7) is 2.45. The molecule has 1 aromatic heterocycles. The number of rotatable bonds is 3. The molecule has 5 nitrogen and oxygen atoms in total. The fourth-order valence-corrected chi connectivity index (χ4v) is 2.11. The zero-order valence-corrected chi connectivity index (χ0v) is 9.77. The standard InChI is InChI=1S/C11H17N3O2/c1-8-12-13-11(16-8)7-14(2)9-3-5-10(15)6-4-9/h9H,3-7H2,1-2H3. The lowest BCUT2D eigenvalue weighted by molar-refractivity contribution is -0.121. The van der Waals surface area contributed by atoms with E-state index < -0.39 is 0 Å². The van der Waals surface area contributed by atoms with Gasteiger partial charge in [0.15, 0.2) is 0 Å². The van der Waals surface area contributed by atoms with Gasteiger partial charge in [-0.25, -0.2) is 0 Å². The van der Waals surface area contributed by atoms with Crippen molar-refractivity contribution in [3.8, 4) is 0 Å². The Bertz CT molecular complexity index is 365. The SMILES string of the molecule is Cc1nnc(CN(C)C2CCC(=O)CC2)o1. The van der Waals surface area contributed by atoms with Gasteiger partial charge in [-0.15, -0.1) is 10.2 Å². The molecule has 1 aliphatic rings. The third-order valence-electron chi connectivity index (χ3n) is 3.09. The number of hydrogen-bond acceptors (Lipinski definition) is 5. The van der Waals surface area contributed by atoms with Crippen LogP contribution in [-0.2, 0) is 11.3 Å². The number of ketones is 1. The Balaban J connectivity index is 1.88. The molecule has 0 radical (unpaired) electrons. The molecular formula is C11H17N3O2. The van der Waals surface area contributed by atoms with Gasteiger partial charge in [-0.05, 0) is 19.9 Å². The summed E-state index contributed by atoms with van der Waals surface area (Å²) in [7, 11) is 2.04. The predicted molar refractivity (Wildman–Crippen MR) is 57.8 cm³/mol. The van der Waals surface area contributed by atoms with Crippen LogP contribution in [0.1, 0.15) is 37.5 Å². The quantitative estimate of drug-likeness (QED) is 0.773. The first-order valence-electron chi connectivity index (χ1n) is 5.66. The lowest BCUT2D eigenvalue weighted by atomic mass is 9.93. The minimum atomic E-state index is 0.387. The van der Waals surface area contributed by atoms with Crippen molar-refractivity contribution >= 4 is 5.78 Å². The highest BCUT2D eigenvalue weighted by atomic mass is 16.4. The maximum absolute atomic E-state index is 11.1. The highest BCUT2D eigenvalue weighted by Gasteiger charge is 2.23. The van der Waals surface area contributed by atoms with Gasteiger partial charge in [0.1, 0.15) is 5.78 Å². The number of Topliss-reactive ketones (excluding diaryl/α,β-unsaturated/α-hetero) is 1. The van der Waals surface area contributed by atoms with E-state index >= 15 is 0 Å². The molecule has 0 aromatic carbocycles. The number of aromatic nitrogens is 2. The van der Waals surface area contributed by atoms with Gasteiger partial charge in [-0.3, -0.25) is 9.69 Å². The Morgan fingerprint density at radius 2 is 2.06 bits per heavy atom. The van der Waals surface area contributed by atoms with Crippen molar-refractivity contribution in [1.82, 2.24) is 15.1 Å². The molecule has 0 bridgehead atoms. The summed E-state index contributed by atoms with van der Waals surface area (Å²) < 4.78 is 5.34. The van der Waals surface area contributed by atoms with Crippen LogP contribution in [-0.4, -0.2) is 34.0 Å². The molecular weight excluding hydrogens is 206 g/mol. The lowest BCUT2D eigenvalue weighted by Crippen LogP contribution is -2.34. The number of carbonyl (C=O) groups is 1. The molecule has 1 aromatic rings. The number of hydrogen-bond donors (Lipinski definition) is 0. The number of nitrogens with zero attached hydrogens (tertiary/aromatic N) is 3. The van der Waals surface area contributed by atoms with Gasteiger partial charge in [-0.1, -0.05) is 0 Å². The molecule has 1 aliphatic carbocycles. The first kappa shape index (κ1) is 11.3. The van der Waals surface area contributed by atoms with E-state index in [0.717, 1.165) is 12.8 Å². The zero-order chi connectivity index (χ0) is 11.5. The van der Waals surface area contributed by atoms with Crippen LogP contribution >= 0.6 is 0 Å². The van der Waals surface area contributed by atoms with E-state index in [2.05, 4.69) is 15.1 Å². The Hall–Kier alpha value is -1.23. The van der Waals surface area contributed by atoms with E-state index in [0.29, 0.717) is 43.0 Å². The number of carbonyl (C=O) groups excluding carboxylic acids is 1. The second-order valence-electron chi connectivity index (χ2n) is 4.40. The second kappa shape index (κ2) is 4.74. The Morgan fingerprint density at radius 3 is 2.62 bits per heavy atom. The largest absolute Gasteiger partial charge is 0.424 e. The van der Waals surface area contributed by atoms with Crippen molar-refractivity contribution in [1.29, 1.82) is 0 Å². The smallest absolute Gasteiger partial charge is 0.230 e. The van der Waals surface area contributed by atoms with Gasteiger partial charge in [0, 0.05) is 25.8 Å². The molecule has 0 amide bonds. The van der Waals surface area contributed by atoms with Crippen molar-refractivity contribution < 1.29 is 9.21 Å². The van der Waals surface area contributed by atoms with Crippen molar-refractivity contribution in [2.75, 3.05) is 7.05 Å². The molecule has 1 fully saturated rings. The summed E-state index contributed by atoms with van der Waals surface area (Å²) in [6, 6.07) is 0.463. The summed E-state index contributed by atoms with van der Waals surface area (Å²) in [5.74, 6) is 1.64. The maximum atomic E-state index is 11.1. The minimum Gasteiger partial charge on any atom is -0.424 e. The van der Waals surface area contributed by atoms with E-state index in [4.69, 9.17) is 4.42 Å². The first-order valence-corrected chi connectivity index (χ1v) is 5.66. The summed E-state index contributed by atoms with van der Waals surface area (Å²) >= 11 is 0. The Kier molecular flexibility index (Phi) is 3.33. The van der Waals surface area contributed by atoms with Crippen molar-refractivity contribution in [3.63, 3.8) is 0 Å². The third kappa shape index (κ3) is 2.66. The van der Waals surface area contributed by atoms with Crippen LogP contribution < -0.4 is 0 Å². The van der Waals surface area contributed by atoms with Crippen molar-refractivity contribution in [2.45, 2.75) is 45.2 Å². The van der Waals surface area contributed by atoms with Crippen LogP contribution in [0.5, 0.6) is 0 Å². The minimum absolute atomic E-state index is 0.387. The second-order valence-corrected chi connectivity index (χ2v) is 4.40. The molecule has 0 saturated heterocycles. The van der Waals surface area contributed by atoms with Gasteiger partial charge in [-0.2, -0.15) is 0 Å².